The molecule has 1 heterocycles. The molecule has 0 radical (unpaired) electrons. The number of hydrogen-bond donors (Lipinski definition) is 0. The van der Waals surface area contributed by atoms with Gasteiger partial charge in [-0.1, -0.05) is 6.07 Å². The number of nitrogens with zero attached hydrogens (tertiary/aromatic N) is 1. The molecule has 0 spiro atoms. The van der Waals surface area contributed by atoms with Crippen LogP contribution in [0.25, 0.3) is 0 Å². The van der Waals surface area contributed by atoms with Crippen molar-refractivity contribution in [1.29, 1.82) is 0 Å². The number of halogens is 1. The van der Waals surface area contributed by atoms with Gasteiger partial charge in [-0.3, -0.25) is 14.5 Å². The maximum atomic E-state index is 11.6. The van der Waals surface area contributed by atoms with Crippen LogP contribution in [-0.2, 0) is 4.79 Å². The second kappa shape index (κ2) is 4.89. The molecule has 0 aromatic heterocycles. The van der Waals surface area contributed by atoms with Crippen LogP contribution in [0.15, 0.2) is 16.6 Å². The van der Waals surface area contributed by atoms with Crippen molar-refractivity contribution in [2.45, 2.75) is 6.92 Å². The minimum Gasteiger partial charge on any atom is -0.529 e. The zero-order valence-electron chi connectivity index (χ0n) is 9.11. The van der Waals surface area contributed by atoms with E-state index in [0.29, 0.717) is 9.37 Å². The van der Waals surface area contributed by atoms with Crippen molar-refractivity contribution in [3.8, 4) is 0 Å². The molecular formula is C10H5BrNNaO4. The fourth-order valence-electron chi connectivity index (χ4n) is 1.57. The number of benzene rings is 1. The van der Waals surface area contributed by atoms with Crippen molar-refractivity contribution < 1.29 is 49.0 Å². The Morgan fingerprint density at radius 2 is 1.94 bits per heavy atom. The van der Waals surface area contributed by atoms with Crippen LogP contribution in [0.5, 0.6) is 0 Å². The third-order valence-electron chi connectivity index (χ3n) is 2.36. The number of imide groups is 1. The summed E-state index contributed by atoms with van der Waals surface area (Å²) in [5, 5.41) is 10.7. The normalized spacial score (nSPS) is 13.4. The van der Waals surface area contributed by atoms with Gasteiger partial charge in [0.25, 0.3) is 5.78 Å². The van der Waals surface area contributed by atoms with E-state index < -0.39 is 17.8 Å². The number of fused-ring (bicyclic) bond motifs is 1. The SMILES string of the molecule is Cc1ccc2c(c1Br)C(=O)C(=O)N2C(=O)[O-].[Na+]. The molecule has 1 aliphatic heterocycles. The Morgan fingerprint density at radius 3 is 2.47 bits per heavy atom. The van der Waals surface area contributed by atoms with E-state index in [0.717, 1.165) is 5.56 Å². The third-order valence-corrected chi connectivity index (χ3v) is 3.38. The van der Waals surface area contributed by atoms with Gasteiger partial charge in [-0.05, 0) is 34.5 Å². The van der Waals surface area contributed by atoms with E-state index in [-0.39, 0.29) is 40.8 Å². The quantitative estimate of drug-likeness (QED) is 0.397. The number of hydrogen-bond acceptors (Lipinski definition) is 4. The molecule has 1 aromatic rings. The molecule has 0 bridgehead atoms. The number of Topliss-reactive ketones (excluding diaryl/α,β-unsaturated/α-hetero) is 1. The predicted molar refractivity (Wildman–Crippen MR) is 56.1 cm³/mol. The monoisotopic (exact) mass is 305 g/mol. The summed E-state index contributed by atoms with van der Waals surface area (Å²) in [4.78, 5) is 34.1. The summed E-state index contributed by atoms with van der Waals surface area (Å²) >= 11 is 3.16. The van der Waals surface area contributed by atoms with E-state index >= 15 is 0 Å². The molecule has 0 fully saturated rings. The zero-order chi connectivity index (χ0) is 12.0. The summed E-state index contributed by atoms with van der Waals surface area (Å²) in [5.41, 5.74) is 0.877. The first kappa shape index (κ1) is 14.4. The van der Waals surface area contributed by atoms with Gasteiger partial charge in [0, 0.05) is 4.47 Å². The molecule has 1 aromatic carbocycles. The summed E-state index contributed by atoms with van der Waals surface area (Å²) in [6.07, 6.45) is -1.70. The summed E-state index contributed by atoms with van der Waals surface area (Å²) in [7, 11) is 0. The van der Waals surface area contributed by atoms with Gasteiger partial charge in [-0.2, -0.15) is 0 Å². The van der Waals surface area contributed by atoms with E-state index in [1.54, 1.807) is 13.0 Å². The molecular weight excluding hydrogens is 301 g/mol. The average Bonchev–Trinajstić information content (AvgIpc) is 2.46. The molecule has 0 saturated heterocycles. The molecule has 82 valence electrons. The minimum atomic E-state index is -1.70. The van der Waals surface area contributed by atoms with E-state index in [1.165, 1.54) is 6.07 Å². The van der Waals surface area contributed by atoms with Gasteiger partial charge in [-0.15, -0.1) is 0 Å². The number of carbonyl (C=O) groups excluding carboxylic acids is 3. The number of aryl methyl sites for hydroxylation is 1. The van der Waals surface area contributed by atoms with E-state index in [1.807, 2.05) is 0 Å². The fourth-order valence-corrected chi connectivity index (χ4v) is 2.09. The van der Waals surface area contributed by atoms with E-state index in [9.17, 15) is 19.5 Å². The predicted octanol–water partition coefficient (Wildman–Crippen LogP) is -2.37. The third kappa shape index (κ3) is 2.06. The number of anilines is 1. The van der Waals surface area contributed by atoms with Crippen LogP contribution in [0.2, 0.25) is 0 Å². The van der Waals surface area contributed by atoms with Gasteiger partial charge in [0.2, 0.25) is 0 Å². The second-order valence-corrected chi connectivity index (χ2v) is 4.12. The Labute approximate surface area is 127 Å². The summed E-state index contributed by atoms with van der Waals surface area (Å²) < 4.78 is 0.437. The molecule has 0 atom stereocenters. The Hall–Kier alpha value is -0.690. The van der Waals surface area contributed by atoms with Crippen molar-refractivity contribution >= 4 is 39.4 Å². The van der Waals surface area contributed by atoms with Gasteiger partial charge in [0.15, 0.2) is 0 Å². The van der Waals surface area contributed by atoms with E-state index in [2.05, 4.69) is 15.9 Å². The minimum absolute atomic E-state index is 0. The van der Waals surface area contributed by atoms with Gasteiger partial charge in [-0.25, -0.2) is 0 Å². The molecule has 0 saturated carbocycles. The van der Waals surface area contributed by atoms with Crippen LogP contribution in [0.3, 0.4) is 0 Å². The van der Waals surface area contributed by atoms with E-state index in [4.69, 9.17) is 0 Å². The van der Waals surface area contributed by atoms with Gasteiger partial charge < -0.3 is 9.90 Å². The first-order valence-corrected chi connectivity index (χ1v) is 5.13. The maximum absolute atomic E-state index is 11.6. The van der Waals surface area contributed by atoms with Crippen LogP contribution in [0.1, 0.15) is 15.9 Å². The Kier molecular flexibility index (Phi) is 4.14. The molecule has 0 aliphatic carbocycles. The topological polar surface area (TPSA) is 77.5 Å². The average molecular weight is 306 g/mol. The van der Waals surface area contributed by atoms with Crippen LogP contribution in [-0.4, -0.2) is 17.8 Å². The largest absolute Gasteiger partial charge is 1.00 e. The summed E-state index contributed by atoms with van der Waals surface area (Å²) in [6, 6.07) is 3.03. The number of carbonyl (C=O) groups is 3. The number of carboxylic acid groups (broad SMARTS) is 1. The first-order valence-electron chi connectivity index (χ1n) is 4.34. The van der Waals surface area contributed by atoms with Crippen LogP contribution in [0, 0.1) is 6.92 Å². The summed E-state index contributed by atoms with van der Waals surface area (Å²) in [6.45, 7) is 1.74. The van der Waals surface area contributed by atoms with Crippen LogP contribution >= 0.6 is 15.9 Å². The molecule has 0 N–H and O–H groups in total. The molecule has 1 aliphatic rings. The number of amides is 2. The smallest absolute Gasteiger partial charge is 0.529 e. The van der Waals surface area contributed by atoms with Gasteiger partial charge in [0.1, 0.15) is 6.09 Å². The number of rotatable bonds is 0. The zero-order valence-corrected chi connectivity index (χ0v) is 12.7. The summed E-state index contributed by atoms with van der Waals surface area (Å²) in [5.74, 6) is -1.93. The molecule has 2 amide bonds. The Morgan fingerprint density at radius 1 is 1.35 bits per heavy atom. The Bertz CT molecular complexity index is 543. The number of ketones is 1. The van der Waals surface area contributed by atoms with Crippen molar-refractivity contribution in [2.75, 3.05) is 4.90 Å². The molecule has 2 rings (SSSR count). The molecule has 0 unspecified atom stereocenters. The first-order chi connectivity index (χ1) is 7.45. The Balaban J connectivity index is 0.00000144. The maximum Gasteiger partial charge on any atom is 1.00 e. The van der Waals surface area contributed by atoms with Crippen molar-refractivity contribution in [3.05, 3.63) is 27.7 Å². The van der Waals surface area contributed by atoms with Crippen molar-refractivity contribution in [3.63, 3.8) is 0 Å². The molecule has 5 nitrogen and oxygen atoms in total. The molecule has 17 heavy (non-hydrogen) atoms. The fraction of sp³-hybridized carbons (Fsp3) is 0.100. The van der Waals surface area contributed by atoms with Crippen LogP contribution < -0.4 is 39.6 Å². The standard InChI is InChI=1S/C10H6BrNO4.Na/c1-4-2-3-5-6(7(4)11)8(13)9(14)12(5)10(15)16;/h2-3H,1H3,(H,15,16);/q;+1/p-1. The van der Waals surface area contributed by atoms with Gasteiger partial charge in [0.05, 0.1) is 11.3 Å². The van der Waals surface area contributed by atoms with Crippen molar-refractivity contribution in [1.82, 2.24) is 0 Å². The molecule has 7 heteroatoms. The van der Waals surface area contributed by atoms with Crippen LogP contribution in [0.4, 0.5) is 10.5 Å². The van der Waals surface area contributed by atoms with Gasteiger partial charge >= 0.3 is 35.5 Å². The van der Waals surface area contributed by atoms with Crippen molar-refractivity contribution in [2.24, 2.45) is 0 Å². The second-order valence-electron chi connectivity index (χ2n) is 3.33.